The number of hydrogen-bond acceptors (Lipinski definition) is 3. The number of carboxylic acids is 1. The number of carboxylic acid groups (broad SMARTS) is 1. The second kappa shape index (κ2) is 7.11. The van der Waals surface area contributed by atoms with Gasteiger partial charge < -0.3 is 10.0 Å². The highest BCUT2D eigenvalue weighted by Gasteiger charge is 2.31. The molecule has 0 heterocycles. The van der Waals surface area contributed by atoms with Crippen LogP contribution < -0.4 is 5.32 Å². The van der Waals surface area contributed by atoms with E-state index in [9.17, 15) is 14.4 Å². The van der Waals surface area contributed by atoms with Gasteiger partial charge in [0, 0.05) is 19.5 Å². The molecule has 0 saturated carbocycles. The second-order valence-electron chi connectivity index (χ2n) is 5.47. The number of imide groups is 1. The van der Waals surface area contributed by atoms with Crippen LogP contribution >= 0.6 is 0 Å². The molecule has 3 amide bonds. The van der Waals surface area contributed by atoms with E-state index in [0.29, 0.717) is 0 Å². The molecule has 2 N–H and O–H groups in total. The van der Waals surface area contributed by atoms with Gasteiger partial charge in [0.2, 0.25) is 5.91 Å². The second-order valence-corrected chi connectivity index (χ2v) is 5.47. The lowest BCUT2D eigenvalue weighted by molar-refractivity contribution is -0.149. The van der Waals surface area contributed by atoms with Crippen LogP contribution in [0.3, 0.4) is 0 Å². The summed E-state index contributed by atoms with van der Waals surface area (Å²) < 4.78 is 0. The van der Waals surface area contributed by atoms with Crippen LogP contribution in [0.4, 0.5) is 4.79 Å². The van der Waals surface area contributed by atoms with Crippen molar-refractivity contribution in [2.24, 2.45) is 5.41 Å². The largest absolute Gasteiger partial charge is 0.481 e. The standard InChI is InChI=1S/C13H24N2O4/c1-6-7-9(2)15(5)12(19)14-10(16)8-13(3,4)11(17)18/h9H,6-8H2,1-5H3,(H,17,18)(H,14,16,19). The van der Waals surface area contributed by atoms with Gasteiger partial charge in [-0.05, 0) is 27.2 Å². The highest BCUT2D eigenvalue weighted by atomic mass is 16.4. The van der Waals surface area contributed by atoms with Gasteiger partial charge in [-0.3, -0.25) is 14.9 Å². The third-order valence-corrected chi connectivity index (χ3v) is 3.12. The van der Waals surface area contributed by atoms with E-state index in [4.69, 9.17) is 5.11 Å². The summed E-state index contributed by atoms with van der Waals surface area (Å²) in [6.07, 6.45) is 1.56. The summed E-state index contributed by atoms with van der Waals surface area (Å²) in [7, 11) is 1.62. The molecular weight excluding hydrogens is 248 g/mol. The zero-order valence-corrected chi connectivity index (χ0v) is 12.3. The maximum atomic E-state index is 11.8. The number of hydrogen-bond donors (Lipinski definition) is 2. The first-order valence-electron chi connectivity index (χ1n) is 6.41. The molecule has 0 spiro atoms. The van der Waals surface area contributed by atoms with Gasteiger partial charge in [0.1, 0.15) is 0 Å². The Morgan fingerprint density at radius 3 is 2.26 bits per heavy atom. The van der Waals surface area contributed by atoms with Crippen molar-refractivity contribution in [1.82, 2.24) is 10.2 Å². The molecule has 0 aromatic carbocycles. The summed E-state index contributed by atoms with van der Waals surface area (Å²) in [4.78, 5) is 35.8. The zero-order chi connectivity index (χ0) is 15.2. The van der Waals surface area contributed by atoms with Crippen LogP contribution in [-0.2, 0) is 9.59 Å². The molecule has 0 aliphatic carbocycles. The van der Waals surface area contributed by atoms with E-state index in [2.05, 4.69) is 5.32 Å². The molecule has 110 valence electrons. The van der Waals surface area contributed by atoms with Crippen molar-refractivity contribution in [3.05, 3.63) is 0 Å². The molecule has 6 heteroatoms. The van der Waals surface area contributed by atoms with Gasteiger partial charge in [0.25, 0.3) is 0 Å². The van der Waals surface area contributed by atoms with Crippen LogP contribution in [0.1, 0.15) is 47.0 Å². The molecule has 0 saturated heterocycles. The Balaban J connectivity index is 4.42. The van der Waals surface area contributed by atoms with Gasteiger partial charge in [-0.15, -0.1) is 0 Å². The molecule has 19 heavy (non-hydrogen) atoms. The number of nitrogens with one attached hydrogen (secondary N) is 1. The normalized spacial score (nSPS) is 12.7. The smallest absolute Gasteiger partial charge is 0.324 e. The number of carbonyl (C=O) groups excluding carboxylic acids is 2. The van der Waals surface area contributed by atoms with Gasteiger partial charge in [-0.25, -0.2) is 4.79 Å². The Labute approximate surface area is 114 Å². The number of carbonyl (C=O) groups is 3. The molecule has 0 aromatic rings. The Bertz CT molecular complexity index is 353. The monoisotopic (exact) mass is 272 g/mol. The Morgan fingerprint density at radius 1 is 1.32 bits per heavy atom. The predicted molar refractivity (Wildman–Crippen MR) is 71.7 cm³/mol. The lowest BCUT2D eigenvalue weighted by atomic mass is 9.89. The van der Waals surface area contributed by atoms with E-state index in [0.717, 1.165) is 12.8 Å². The number of amides is 3. The third kappa shape index (κ3) is 5.72. The first-order valence-corrected chi connectivity index (χ1v) is 6.41. The van der Waals surface area contributed by atoms with Gasteiger partial charge in [0.05, 0.1) is 5.41 Å². The fourth-order valence-corrected chi connectivity index (χ4v) is 1.54. The number of urea groups is 1. The fraction of sp³-hybridized carbons (Fsp3) is 0.769. The van der Waals surface area contributed by atoms with Crippen LogP contribution in [0.15, 0.2) is 0 Å². The first-order chi connectivity index (χ1) is 8.61. The lowest BCUT2D eigenvalue weighted by Gasteiger charge is -2.25. The summed E-state index contributed by atoms with van der Waals surface area (Å²) in [5, 5.41) is 11.1. The Morgan fingerprint density at radius 2 is 1.84 bits per heavy atom. The number of rotatable bonds is 6. The van der Waals surface area contributed by atoms with Crippen molar-refractivity contribution < 1.29 is 19.5 Å². The van der Waals surface area contributed by atoms with Crippen LogP contribution in [0.25, 0.3) is 0 Å². The van der Waals surface area contributed by atoms with Gasteiger partial charge in [0.15, 0.2) is 0 Å². The topological polar surface area (TPSA) is 86.7 Å². The van der Waals surface area contributed by atoms with Crippen molar-refractivity contribution in [3.8, 4) is 0 Å². The highest BCUT2D eigenvalue weighted by Crippen LogP contribution is 2.20. The molecule has 0 fully saturated rings. The number of aliphatic carboxylic acids is 1. The molecule has 0 aliphatic heterocycles. The summed E-state index contributed by atoms with van der Waals surface area (Å²) >= 11 is 0. The Hall–Kier alpha value is -1.59. The summed E-state index contributed by atoms with van der Waals surface area (Å²) in [6, 6.07) is -0.461. The molecule has 1 unspecified atom stereocenters. The van der Waals surface area contributed by atoms with E-state index in [1.807, 2.05) is 13.8 Å². The molecule has 0 aromatic heterocycles. The summed E-state index contributed by atoms with van der Waals surface area (Å²) in [5.41, 5.74) is -1.18. The van der Waals surface area contributed by atoms with E-state index in [1.54, 1.807) is 7.05 Å². The van der Waals surface area contributed by atoms with Crippen LogP contribution in [0.2, 0.25) is 0 Å². The van der Waals surface area contributed by atoms with Gasteiger partial charge in [-0.2, -0.15) is 0 Å². The minimum Gasteiger partial charge on any atom is -0.481 e. The maximum Gasteiger partial charge on any atom is 0.324 e. The molecular formula is C13H24N2O4. The fourth-order valence-electron chi connectivity index (χ4n) is 1.54. The minimum absolute atomic E-state index is 0.0327. The minimum atomic E-state index is -1.18. The van der Waals surface area contributed by atoms with E-state index in [1.165, 1.54) is 18.7 Å². The number of nitrogens with zero attached hydrogens (tertiary/aromatic N) is 1. The molecule has 0 rings (SSSR count). The molecule has 0 radical (unpaired) electrons. The quantitative estimate of drug-likeness (QED) is 0.772. The van der Waals surface area contributed by atoms with Crippen molar-refractivity contribution in [3.63, 3.8) is 0 Å². The van der Waals surface area contributed by atoms with E-state index < -0.39 is 23.3 Å². The Kier molecular flexibility index (Phi) is 6.52. The van der Waals surface area contributed by atoms with Crippen molar-refractivity contribution >= 4 is 17.9 Å². The molecule has 0 aliphatic rings. The maximum absolute atomic E-state index is 11.8. The predicted octanol–water partition coefficient (Wildman–Crippen LogP) is 1.84. The highest BCUT2D eigenvalue weighted by molar-refractivity contribution is 5.96. The SMILES string of the molecule is CCCC(C)N(C)C(=O)NC(=O)CC(C)(C)C(=O)O. The zero-order valence-electron chi connectivity index (χ0n) is 12.3. The lowest BCUT2D eigenvalue weighted by Crippen LogP contribution is -2.46. The first kappa shape index (κ1) is 17.4. The average Bonchev–Trinajstić information content (AvgIpc) is 2.26. The van der Waals surface area contributed by atoms with Gasteiger partial charge >= 0.3 is 12.0 Å². The van der Waals surface area contributed by atoms with E-state index >= 15 is 0 Å². The van der Waals surface area contributed by atoms with Crippen molar-refractivity contribution in [2.45, 2.75) is 53.0 Å². The van der Waals surface area contributed by atoms with E-state index in [-0.39, 0.29) is 12.5 Å². The van der Waals surface area contributed by atoms with Crippen molar-refractivity contribution in [1.29, 1.82) is 0 Å². The molecule has 1 atom stereocenters. The third-order valence-electron chi connectivity index (χ3n) is 3.12. The molecule has 0 bridgehead atoms. The van der Waals surface area contributed by atoms with Crippen molar-refractivity contribution in [2.75, 3.05) is 7.05 Å². The van der Waals surface area contributed by atoms with Crippen LogP contribution in [0, 0.1) is 5.41 Å². The van der Waals surface area contributed by atoms with Gasteiger partial charge in [-0.1, -0.05) is 13.3 Å². The summed E-state index contributed by atoms with van der Waals surface area (Å²) in [6.45, 7) is 6.81. The summed E-state index contributed by atoms with van der Waals surface area (Å²) in [5.74, 6) is -1.64. The molecule has 6 nitrogen and oxygen atoms in total. The average molecular weight is 272 g/mol. The van der Waals surface area contributed by atoms with Crippen LogP contribution in [-0.4, -0.2) is 41.0 Å². The van der Waals surface area contributed by atoms with Crippen LogP contribution in [0.5, 0.6) is 0 Å².